The fourth-order valence-electron chi connectivity index (χ4n) is 4.75. The number of primary amides is 1. The molecule has 2 N–H and O–H groups in total. The quantitative estimate of drug-likeness (QED) is 0.461. The summed E-state index contributed by atoms with van der Waals surface area (Å²) in [5.74, 6) is -0.379. The molecular formula is C29H33N3O2S. The number of rotatable bonds is 8. The summed E-state index contributed by atoms with van der Waals surface area (Å²) in [5.41, 5.74) is 12.7. The van der Waals surface area contributed by atoms with Gasteiger partial charge in [0.05, 0.1) is 0 Å². The van der Waals surface area contributed by atoms with Crippen LogP contribution in [0.5, 0.6) is 0 Å². The van der Waals surface area contributed by atoms with E-state index in [0.29, 0.717) is 24.2 Å². The van der Waals surface area contributed by atoms with Gasteiger partial charge in [0.15, 0.2) is 0 Å². The number of carbonyl (C=O) groups is 2. The van der Waals surface area contributed by atoms with Crippen LogP contribution >= 0.6 is 11.3 Å². The van der Waals surface area contributed by atoms with Gasteiger partial charge in [-0.1, -0.05) is 29.8 Å². The van der Waals surface area contributed by atoms with E-state index in [9.17, 15) is 9.59 Å². The lowest BCUT2D eigenvalue weighted by molar-refractivity contribution is 0.0772. The van der Waals surface area contributed by atoms with Crippen molar-refractivity contribution in [2.45, 2.75) is 33.2 Å². The van der Waals surface area contributed by atoms with Crippen LogP contribution in [-0.4, -0.2) is 47.8 Å². The van der Waals surface area contributed by atoms with Gasteiger partial charge < -0.3 is 10.6 Å². The number of piperidine rings is 1. The largest absolute Gasteiger partial charge is 0.366 e. The number of carbonyl (C=O) groups excluding carboxylic acids is 2. The second-order valence-corrected chi connectivity index (χ2v) is 9.67. The number of amides is 2. The van der Waals surface area contributed by atoms with Crippen LogP contribution in [0.25, 0.3) is 5.57 Å². The van der Waals surface area contributed by atoms with Gasteiger partial charge in [-0.2, -0.15) is 11.3 Å². The lowest BCUT2D eigenvalue weighted by Crippen LogP contribution is -2.30. The maximum absolute atomic E-state index is 12.8. The standard InChI is InChI=1S/C29H33N3O2S/c1-3-32(4-2)29(34)24-10-8-22(9-11-24)27(25-6-5-7-26(18-25)28(30)33)23-12-15-31(16-13-23)19-21-14-17-35-20-21/h5-11,14,17-18,20H,3-4,12-13,15-16,19H2,1-2H3,(H2,30,33). The normalized spacial score (nSPS) is 14.1. The van der Waals surface area contributed by atoms with E-state index in [1.54, 1.807) is 17.4 Å². The molecule has 2 amide bonds. The first-order valence-corrected chi connectivity index (χ1v) is 13.2. The molecule has 6 heteroatoms. The maximum Gasteiger partial charge on any atom is 0.253 e. The molecule has 0 atom stereocenters. The Hall–Kier alpha value is -3.22. The molecule has 1 aromatic heterocycles. The van der Waals surface area contributed by atoms with Gasteiger partial charge in [-0.3, -0.25) is 14.5 Å². The van der Waals surface area contributed by atoms with E-state index in [1.807, 2.05) is 61.2 Å². The van der Waals surface area contributed by atoms with Crippen LogP contribution in [0.3, 0.4) is 0 Å². The first-order chi connectivity index (χ1) is 17.0. The van der Waals surface area contributed by atoms with E-state index in [2.05, 4.69) is 21.7 Å². The van der Waals surface area contributed by atoms with Crippen molar-refractivity contribution in [3.8, 4) is 0 Å². The van der Waals surface area contributed by atoms with Crippen molar-refractivity contribution in [2.24, 2.45) is 5.73 Å². The third-order valence-electron chi connectivity index (χ3n) is 6.71. The molecule has 0 aliphatic carbocycles. The molecule has 0 bridgehead atoms. The second kappa shape index (κ2) is 11.5. The molecule has 0 spiro atoms. The molecule has 2 heterocycles. The third kappa shape index (κ3) is 5.89. The number of hydrogen-bond acceptors (Lipinski definition) is 4. The summed E-state index contributed by atoms with van der Waals surface area (Å²) < 4.78 is 0. The predicted octanol–water partition coefficient (Wildman–Crippen LogP) is 5.43. The Morgan fingerprint density at radius 2 is 1.57 bits per heavy atom. The Bertz CT molecular complexity index is 1180. The van der Waals surface area contributed by atoms with E-state index < -0.39 is 5.91 Å². The van der Waals surface area contributed by atoms with Crippen molar-refractivity contribution in [1.82, 2.24) is 9.80 Å². The summed E-state index contributed by atoms with van der Waals surface area (Å²) in [5, 5.41) is 4.34. The average Bonchev–Trinajstić information content (AvgIpc) is 3.39. The molecule has 0 saturated carbocycles. The van der Waals surface area contributed by atoms with Crippen LogP contribution < -0.4 is 5.73 Å². The Kier molecular flexibility index (Phi) is 8.16. The number of thiophene rings is 1. The lowest BCUT2D eigenvalue weighted by atomic mass is 9.87. The van der Waals surface area contributed by atoms with Gasteiger partial charge in [-0.05, 0) is 90.0 Å². The fourth-order valence-corrected chi connectivity index (χ4v) is 5.41. The predicted molar refractivity (Wildman–Crippen MR) is 144 cm³/mol. The molecule has 1 fully saturated rings. The number of likely N-dealkylation sites (tertiary alicyclic amines) is 1. The summed E-state index contributed by atoms with van der Waals surface area (Å²) in [6.07, 6.45) is 1.92. The minimum absolute atomic E-state index is 0.0493. The van der Waals surface area contributed by atoms with Crippen LogP contribution in [0.1, 0.15) is 64.1 Å². The zero-order chi connectivity index (χ0) is 24.8. The summed E-state index contributed by atoms with van der Waals surface area (Å²) in [6.45, 7) is 8.32. The highest BCUT2D eigenvalue weighted by Crippen LogP contribution is 2.33. The maximum atomic E-state index is 12.8. The van der Waals surface area contributed by atoms with Crippen molar-refractivity contribution in [2.75, 3.05) is 26.2 Å². The first kappa shape index (κ1) is 24.9. The molecule has 3 aromatic rings. The molecule has 1 saturated heterocycles. The Balaban J connectivity index is 1.66. The van der Waals surface area contributed by atoms with Crippen LogP contribution in [0, 0.1) is 0 Å². The minimum atomic E-state index is -0.429. The zero-order valence-corrected chi connectivity index (χ0v) is 21.3. The molecule has 35 heavy (non-hydrogen) atoms. The molecular weight excluding hydrogens is 454 g/mol. The Morgan fingerprint density at radius 3 is 2.17 bits per heavy atom. The van der Waals surface area contributed by atoms with Crippen molar-refractivity contribution >= 4 is 28.7 Å². The van der Waals surface area contributed by atoms with Gasteiger partial charge in [0.25, 0.3) is 5.91 Å². The van der Waals surface area contributed by atoms with Gasteiger partial charge >= 0.3 is 0 Å². The highest BCUT2D eigenvalue weighted by molar-refractivity contribution is 7.07. The summed E-state index contributed by atoms with van der Waals surface area (Å²) in [7, 11) is 0. The van der Waals surface area contributed by atoms with E-state index >= 15 is 0 Å². The SMILES string of the molecule is CCN(CC)C(=O)c1ccc(C(=C2CCN(Cc3ccsc3)CC2)c2cccc(C(N)=O)c2)cc1. The molecule has 0 radical (unpaired) electrons. The van der Waals surface area contributed by atoms with E-state index in [1.165, 1.54) is 11.1 Å². The molecule has 4 rings (SSSR count). The van der Waals surface area contributed by atoms with E-state index in [0.717, 1.165) is 49.2 Å². The molecule has 1 aliphatic heterocycles. The smallest absolute Gasteiger partial charge is 0.253 e. The highest BCUT2D eigenvalue weighted by atomic mass is 32.1. The number of nitrogens with two attached hydrogens (primary N) is 1. The Morgan fingerprint density at radius 1 is 0.914 bits per heavy atom. The molecule has 5 nitrogen and oxygen atoms in total. The van der Waals surface area contributed by atoms with Crippen molar-refractivity contribution in [3.05, 3.63) is 98.7 Å². The van der Waals surface area contributed by atoms with Crippen LogP contribution in [0.4, 0.5) is 0 Å². The Labute approximate surface area is 211 Å². The number of benzene rings is 2. The second-order valence-electron chi connectivity index (χ2n) is 8.89. The fraction of sp³-hybridized carbons (Fsp3) is 0.310. The lowest BCUT2D eigenvalue weighted by Gasteiger charge is -2.30. The van der Waals surface area contributed by atoms with Crippen LogP contribution in [-0.2, 0) is 6.54 Å². The molecule has 182 valence electrons. The average molecular weight is 488 g/mol. The molecule has 2 aromatic carbocycles. The topological polar surface area (TPSA) is 66.6 Å². The van der Waals surface area contributed by atoms with Gasteiger partial charge in [0.1, 0.15) is 0 Å². The van der Waals surface area contributed by atoms with Crippen molar-refractivity contribution in [1.29, 1.82) is 0 Å². The van der Waals surface area contributed by atoms with Crippen molar-refractivity contribution in [3.63, 3.8) is 0 Å². The van der Waals surface area contributed by atoms with Gasteiger partial charge in [0.2, 0.25) is 5.91 Å². The van der Waals surface area contributed by atoms with Crippen LogP contribution in [0.15, 0.2) is 70.9 Å². The van der Waals surface area contributed by atoms with E-state index in [4.69, 9.17) is 5.73 Å². The highest BCUT2D eigenvalue weighted by Gasteiger charge is 2.21. The van der Waals surface area contributed by atoms with Gasteiger partial charge in [-0.15, -0.1) is 0 Å². The summed E-state index contributed by atoms with van der Waals surface area (Å²) in [6, 6.07) is 17.7. The molecule has 0 unspecified atom stereocenters. The summed E-state index contributed by atoms with van der Waals surface area (Å²) >= 11 is 1.74. The zero-order valence-electron chi connectivity index (χ0n) is 20.5. The van der Waals surface area contributed by atoms with Crippen molar-refractivity contribution < 1.29 is 9.59 Å². The number of nitrogens with zero attached hydrogens (tertiary/aromatic N) is 2. The van der Waals surface area contributed by atoms with Gasteiger partial charge in [-0.25, -0.2) is 0 Å². The number of hydrogen-bond donors (Lipinski definition) is 1. The monoisotopic (exact) mass is 487 g/mol. The first-order valence-electron chi connectivity index (χ1n) is 12.3. The minimum Gasteiger partial charge on any atom is -0.366 e. The third-order valence-corrected chi connectivity index (χ3v) is 7.44. The van der Waals surface area contributed by atoms with Gasteiger partial charge in [0, 0.05) is 43.9 Å². The van der Waals surface area contributed by atoms with E-state index in [-0.39, 0.29) is 5.91 Å². The van der Waals surface area contributed by atoms with Crippen LogP contribution in [0.2, 0.25) is 0 Å². The summed E-state index contributed by atoms with van der Waals surface area (Å²) in [4.78, 5) is 29.0. The molecule has 1 aliphatic rings.